The summed E-state index contributed by atoms with van der Waals surface area (Å²) in [7, 11) is 1.67. The van der Waals surface area contributed by atoms with Gasteiger partial charge in [-0.2, -0.15) is 0 Å². The molecule has 1 nitrogen and oxygen atoms in total. The molecule has 2 heteroatoms. The summed E-state index contributed by atoms with van der Waals surface area (Å²) in [4.78, 5) is 1.23. The van der Waals surface area contributed by atoms with Crippen molar-refractivity contribution in [3.05, 3.63) is 24.3 Å². The molecule has 0 saturated carbocycles. The van der Waals surface area contributed by atoms with Gasteiger partial charge in [0.2, 0.25) is 0 Å². The lowest BCUT2D eigenvalue weighted by Gasteiger charge is -2.00. The van der Waals surface area contributed by atoms with Crippen LogP contribution in [0.1, 0.15) is 6.92 Å². The molecule has 0 bridgehead atoms. The predicted molar refractivity (Wildman–Crippen MR) is 57.2 cm³/mol. The Hall–Kier alpha value is -1.07. The number of benzene rings is 1. The molecular weight excluding hydrogens is 180 g/mol. The highest BCUT2D eigenvalue weighted by molar-refractivity contribution is 7.99. The molecule has 68 valence electrons. The lowest BCUT2D eigenvalue weighted by Crippen LogP contribution is -1.81. The molecule has 0 radical (unpaired) electrons. The zero-order chi connectivity index (χ0) is 9.52. The van der Waals surface area contributed by atoms with Crippen LogP contribution in [-0.2, 0) is 0 Å². The summed E-state index contributed by atoms with van der Waals surface area (Å²) in [5.41, 5.74) is 0. The Labute approximate surface area is 83.5 Å². The molecule has 1 rings (SSSR count). The number of rotatable bonds is 3. The van der Waals surface area contributed by atoms with E-state index in [4.69, 9.17) is 4.74 Å². The average Bonchev–Trinajstić information content (AvgIpc) is 2.19. The summed E-state index contributed by atoms with van der Waals surface area (Å²) in [5, 5.41) is 0. The van der Waals surface area contributed by atoms with Gasteiger partial charge in [-0.1, -0.05) is 5.92 Å². The topological polar surface area (TPSA) is 9.23 Å². The highest BCUT2D eigenvalue weighted by Gasteiger charge is 1.92. The number of methoxy groups -OCH3 is 1. The number of hydrogen-bond donors (Lipinski definition) is 0. The van der Waals surface area contributed by atoms with Crippen LogP contribution in [0.4, 0.5) is 0 Å². The first-order chi connectivity index (χ1) is 6.36. The third-order valence-corrected chi connectivity index (χ3v) is 2.44. The van der Waals surface area contributed by atoms with Crippen LogP contribution in [0.5, 0.6) is 5.75 Å². The van der Waals surface area contributed by atoms with E-state index in [1.54, 1.807) is 18.9 Å². The van der Waals surface area contributed by atoms with E-state index in [0.717, 1.165) is 11.5 Å². The van der Waals surface area contributed by atoms with Crippen LogP contribution in [-0.4, -0.2) is 12.9 Å². The largest absolute Gasteiger partial charge is 0.497 e. The van der Waals surface area contributed by atoms with Crippen molar-refractivity contribution in [2.24, 2.45) is 0 Å². The van der Waals surface area contributed by atoms with Crippen LogP contribution in [0, 0.1) is 11.8 Å². The van der Waals surface area contributed by atoms with Crippen LogP contribution in [0.3, 0.4) is 0 Å². The van der Waals surface area contributed by atoms with Crippen LogP contribution >= 0.6 is 11.8 Å². The third-order valence-electron chi connectivity index (χ3n) is 1.55. The van der Waals surface area contributed by atoms with Crippen molar-refractivity contribution in [2.45, 2.75) is 11.8 Å². The molecule has 0 saturated heterocycles. The molecule has 1 aromatic carbocycles. The maximum Gasteiger partial charge on any atom is 0.118 e. The minimum Gasteiger partial charge on any atom is -0.497 e. The quantitative estimate of drug-likeness (QED) is 0.538. The minimum atomic E-state index is 0.850. The summed E-state index contributed by atoms with van der Waals surface area (Å²) in [6, 6.07) is 8.01. The monoisotopic (exact) mass is 192 g/mol. The Morgan fingerprint density at radius 3 is 2.54 bits per heavy atom. The zero-order valence-corrected chi connectivity index (χ0v) is 8.65. The van der Waals surface area contributed by atoms with Crippen LogP contribution in [0.25, 0.3) is 0 Å². The Kier molecular flexibility index (Phi) is 4.28. The fraction of sp³-hybridized carbons (Fsp3) is 0.273. The Morgan fingerprint density at radius 2 is 2.00 bits per heavy atom. The third kappa shape index (κ3) is 3.43. The van der Waals surface area contributed by atoms with Gasteiger partial charge in [-0.25, -0.2) is 0 Å². The van der Waals surface area contributed by atoms with E-state index in [2.05, 4.69) is 11.8 Å². The Morgan fingerprint density at radius 1 is 1.31 bits per heavy atom. The molecule has 0 heterocycles. The first-order valence-electron chi connectivity index (χ1n) is 4.03. The molecular formula is C11H12OS. The van der Waals surface area contributed by atoms with E-state index in [0.29, 0.717) is 0 Å². The van der Waals surface area contributed by atoms with Crippen molar-refractivity contribution >= 4 is 11.8 Å². The lowest BCUT2D eigenvalue weighted by molar-refractivity contribution is 0.414. The van der Waals surface area contributed by atoms with Gasteiger partial charge >= 0.3 is 0 Å². The van der Waals surface area contributed by atoms with Crippen molar-refractivity contribution in [3.63, 3.8) is 0 Å². The van der Waals surface area contributed by atoms with Crippen molar-refractivity contribution < 1.29 is 4.74 Å². The van der Waals surface area contributed by atoms with Gasteiger partial charge in [0.1, 0.15) is 5.75 Å². The molecule has 0 unspecified atom stereocenters. The van der Waals surface area contributed by atoms with Crippen LogP contribution in [0.2, 0.25) is 0 Å². The van der Waals surface area contributed by atoms with Gasteiger partial charge < -0.3 is 4.74 Å². The van der Waals surface area contributed by atoms with Gasteiger partial charge in [-0.05, 0) is 31.2 Å². The summed E-state index contributed by atoms with van der Waals surface area (Å²) < 4.78 is 5.06. The number of hydrogen-bond acceptors (Lipinski definition) is 2. The predicted octanol–water partition coefficient (Wildman–Crippen LogP) is 2.81. The molecule has 0 aromatic heterocycles. The first-order valence-corrected chi connectivity index (χ1v) is 5.02. The standard InChI is InChI=1S/C11H12OS/c1-3-4-9-13-11-7-5-10(12-2)6-8-11/h5-8H,9H2,1-2H3. The van der Waals surface area contributed by atoms with Gasteiger partial charge in [-0.3, -0.25) is 0 Å². The molecule has 0 aliphatic rings. The van der Waals surface area contributed by atoms with E-state index in [1.165, 1.54) is 4.90 Å². The summed E-state index contributed by atoms with van der Waals surface area (Å²) in [5.74, 6) is 7.62. The first kappa shape index (κ1) is 10.0. The highest BCUT2D eigenvalue weighted by atomic mass is 32.2. The van der Waals surface area contributed by atoms with Crippen molar-refractivity contribution in [3.8, 4) is 17.6 Å². The lowest BCUT2D eigenvalue weighted by atomic mass is 10.3. The fourth-order valence-electron chi connectivity index (χ4n) is 0.864. The van der Waals surface area contributed by atoms with Gasteiger partial charge in [0.25, 0.3) is 0 Å². The number of thioether (sulfide) groups is 1. The van der Waals surface area contributed by atoms with E-state index in [9.17, 15) is 0 Å². The van der Waals surface area contributed by atoms with Gasteiger partial charge in [-0.15, -0.1) is 17.7 Å². The smallest absolute Gasteiger partial charge is 0.118 e. The minimum absolute atomic E-state index is 0.850. The second kappa shape index (κ2) is 5.55. The van der Waals surface area contributed by atoms with Crippen LogP contribution in [0.15, 0.2) is 29.2 Å². The molecule has 13 heavy (non-hydrogen) atoms. The summed E-state index contributed by atoms with van der Waals surface area (Å²) in [6.45, 7) is 1.86. The molecule has 0 aliphatic carbocycles. The van der Waals surface area contributed by atoms with Crippen molar-refractivity contribution in [1.82, 2.24) is 0 Å². The molecule has 0 aliphatic heterocycles. The summed E-state index contributed by atoms with van der Waals surface area (Å²) >= 11 is 1.74. The molecule has 0 spiro atoms. The van der Waals surface area contributed by atoms with Crippen molar-refractivity contribution in [1.29, 1.82) is 0 Å². The summed E-state index contributed by atoms with van der Waals surface area (Å²) in [6.07, 6.45) is 0. The van der Waals surface area contributed by atoms with E-state index in [1.807, 2.05) is 31.2 Å². The van der Waals surface area contributed by atoms with Gasteiger partial charge in [0.15, 0.2) is 0 Å². The fourth-order valence-corrected chi connectivity index (χ4v) is 1.58. The number of ether oxygens (including phenoxy) is 1. The average molecular weight is 192 g/mol. The molecule has 0 atom stereocenters. The zero-order valence-electron chi connectivity index (χ0n) is 7.83. The molecule has 1 aromatic rings. The Balaban J connectivity index is 2.52. The second-order valence-corrected chi connectivity index (χ2v) is 3.44. The van der Waals surface area contributed by atoms with Crippen molar-refractivity contribution in [2.75, 3.05) is 12.9 Å². The maximum absolute atomic E-state index is 5.06. The van der Waals surface area contributed by atoms with Gasteiger partial charge in [0, 0.05) is 4.90 Å². The SMILES string of the molecule is CC#CCSc1ccc(OC)cc1. The van der Waals surface area contributed by atoms with E-state index < -0.39 is 0 Å². The highest BCUT2D eigenvalue weighted by Crippen LogP contribution is 2.20. The molecule has 0 fully saturated rings. The van der Waals surface area contributed by atoms with Gasteiger partial charge in [0.05, 0.1) is 12.9 Å². The molecule has 0 N–H and O–H groups in total. The normalized spacial score (nSPS) is 8.77. The van der Waals surface area contributed by atoms with E-state index >= 15 is 0 Å². The Bertz CT molecular complexity index is 305. The maximum atomic E-state index is 5.06. The van der Waals surface area contributed by atoms with Crippen LogP contribution < -0.4 is 4.74 Å². The second-order valence-electron chi connectivity index (χ2n) is 2.39. The van der Waals surface area contributed by atoms with E-state index in [-0.39, 0.29) is 0 Å². The molecule has 0 amide bonds.